The summed E-state index contributed by atoms with van der Waals surface area (Å²) in [6.07, 6.45) is -4.61. The highest BCUT2D eigenvalue weighted by Gasteiger charge is 2.34. The Balaban J connectivity index is 2.63. The van der Waals surface area contributed by atoms with E-state index in [1.807, 2.05) is 0 Å². The van der Waals surface area contributed by atoms with Gasteiger partial charge in [-0.3, -0.25) is 0 Å². The molecule has 0 saturated carbocycles. The van der Waals surface area contributed by atoms with Crippen LogP contribution in [-0.4, -0.2) is 15.2 Å². The average Bonchev–Trinajstić information content (AvgIpc) is 2.62. The first-order valence-corrected chi connectivity index (χ1v) is 4.71. The third kappa shape index (κ3) is 2.38. The predicted octanol–water partition coefficient (Wildman–Crippen LogP) is 3.28. The number of hydrogen-bond donors (Lipinski definition) is 1. The van der Waals surface area contributed by atoms with E-state index in [0.717, 1.165) is 6.07 Å². The van der Waals surface area contributed by atoms with E-state index in [4.69, 9.17) is 11.6 Å². The topological polar surface area (TPSA) is 41.6 Å². The minimum atomic E-state index is -4.61. The molecule has 0 radical (unpaired) electrons. The second-order valence-corrected chi connectivity index (χ2v) is 3.50. The summed E-state index contributed by atoms with van der Waals surface area (Å²) in [6.45, 7) is 0. The second-order valence-electron chi connectivity index (χ2n) is 3.14. The molecule has 0 aliphatic rings. The van der Waals surface area contributed by atoms with Crippen molar-refractivity contribution in [1.82, 2.24) is 15.2 Å². The molecule has 0 fully saturated rings. The molecule has 3 nitrogen and oxygen atoms in total. The molecule has 0 saturated heterocycles. The highest BCUT2D eigenvalue weighted by Crippen LogP contribution is 2.36. The van der Waals surface area contributed by atoms with Gasteiger partial charge in [-0.1, -0.05) is 0 Å². The zero-order chi connectivity index (χ0) is 12.6. The Morgan fingerprint density at radius 1 is 1.24 bits per heavy atom. The Kier molecular flexibility index (Phi) is 2.78. The van der Waals surface area contributed by atoms with E-state index in [2.05, 4.69) is 15.2 Å². The normalized spacial score (nSPS) is 11.8. The van der Waals surface area contributed by atoms with Crippen molar-refractivity contribution in [2.75, 3.05) is 0 Å². The van der Waals surface area contributed by atoms with Gasteiger partial charge in [0.2, 0.25) is 5.28 Å². The van der Waals surface area contributed by atoms with Gasteiger partial charge in [-0.25, -0.2) is 9.49 Å². The number of benzene rings is 1. The minimum Gasteiger partial charge on any atom is -0.249 e. The molecule has 1 aromatic heterocycles. The van der Waals surface area contributed by atoms with Crippen LogP contribution in [0.15, 0.2) is 18.2 Å². The summed E-state index contributed by atoms with van der Waals surface area (Å²) < 4.78 is 50.9. The van der Waals surface area contributed by atoms with Crippen molar-refractivity contribution < 1.29 is 17.6 Å². The molecule has 1 heterocycles. The lowest BCUT2D eigenvalue weighted by molar-refractivity contribution is -0.137. The van der Waals surface area contributed by atoms with Crippen molar-refractivity contribution in [2.24, 2.45) is 0 Å². The van der Waals surface area contributed by atoms with Crippen LogP contribution in [0.4, 0.5) is 17.6 Å². The lowest BCUT2D eigenvalue weighted by Gasteiger charge is -2.10. The first-order chi connectivity index (χ1) is 7.88. The Morgan fingerprint density at radius 3 is 2.47 bits per heavy atom. The molecule has 1 aromatic carbocycles. The van der Waals surface area contributed by atoms with Gasteiger partial charge in [-0.15, -0.1) is 0 Å². The molecule has 0 aliphatic carbocycles. The molecule has 0 unspecified atom stereocenters. The molecule has 2 rings (SSSR count). The number of H-pyrrole nitrogens is 1. The second kappa shape index (κ2) is 3.99. The van der Waals surface area contributed by atoms with Gasteiger partial charge in [-0.05, 0) is 29.8 Å². The Morgan fingerprint density at radius 2 is 1.94 bits per heavy atom. The zero-order valence-corrected chi connectivity index (χ0v) is 8.77. The molecular weight excluding hydrogens is 262 g/mol. The number of hydrogen-bond acceptors (Lipinski definition) is 2. The summed E-state index contributed by atoms with van der Waals surface area (Å²) in [7, 11) is 0. The van der Waals surface area contributed by atoms with Gasteiger partial charge in [0, 0.05) is 5.56 Å². The van der Waals surface area contributed by atoms with E-state index < -0.39 is 23.1 Å². The monoisotopic (exact) mass is 265 g/mol. The van der Waals surface area contributed by atoms with E-state index in [1.54, 1.807) is 0 Å². The molecular formula is C9H4ClF4N3. The van der Waals surface area contributed by atoms with Crippen LogP contribution in [0.2, 0.25) is 5.28 Å². The van der Waals surface area contributed by atoms with Crippen LogP contribution in [0.1, 0.15) is 5.56 Å². The molecule has 90 valence electrons. The first-order valence-electron chi connectivity index (χ1n) is 4.33. The number of nitrogens with one attached hydrogen (secondary N) is 1. The van der Waals surface area contributed by atoms with Crippen LogP contribution in [0, 0.1) is 5.82 Å². The standard InChI is InChI=1S/C9H4ClF4N3/c10-8-15-7(16-17-8)5-3-4(11)1-2-6(5)9(12,13)14/h1-3H,(H,15,16,17). The summed E-state index contributed by atoms with van der Waals surface area (Å²) >= 11 is 5.41. The van der Waals surface area contributed by atoms with Gasteiger partial charge in [0.15, 0.2) is 5.82 Å². The number of halogens is 5. The van der Waals surface area contributed by atoms with Crippen LogP contribution in [-0.2, 0) is 6.18 Å². The van der Waals surface area contributed by atoms with E-state index >= 15 is 0 Å². The Hall–Kier alpha value is -1.63. The number of rotatable bonds is 1. The molecule has 0 amide bonds. The highest BCUT2D eigenvalue weighted by atomic mass is 35.5. The van der Waals surface area contributed by atoms with Crippen LogP contribution < -0.4 is 0 Å². The average molecular weight is 266 g/mol. The van der Waals surface area contributed by atoms with E-state index in [1.165, 1.54) is 0 Å². The lowest BCUT2D eigenvalue weighted by Crippen LogP contribution is -2.08. The molecule has 1 N–H and O–H groups in total. The molecule has 17 heavy (non-hydrogen) atoms. The van der Waals surface area contributed by atoms with Crippen molar-refractivity contribution >= 4 is 11.6 Å². The summed E-state index contributed by atoms with van der Waals surface area (Å²) in [5, 5.41) is 5.48. The zero-order valence-electron chi connectivity index (χ0n) is 8.02. The van der Waals surface area contributed by atoms with Crippen molar-refractivity contribution in [3.63, 3.8) is 0 Å². The van der Waals surface area contributed by atoms with Gasteiger partial charge in [0.1, 0.15) is 5.82 Å². The van der Waals surface area contributed by atoms with Gasteiger partial charge in [0.05, 0.1) is 5.56 Å². The summed E-state index contributed by atoms with van der Waals surface area (Å²) in [5.74, 6) is -1.12. The van der Waals surface area contributed by atoms with Crippen molar-refractivity contribution in [3.8, 4) is 11.4 Å². The fraction of sp³-hybridized carbons (Fsp3) is 0.111. The van der Waals surface area contributed by atoms with Crippen LogP contribution in [0.5, 0.6) is 0 Å². The predicted molar refractivity (Wildman–Crippen MR) is 51.8 cm³/mol. The maximum absolute atomic E-state index is 13.0. The van der Waals surface area contributed by atoms with Crippen molar-refractivity contribution in [1.29, 1.82) is 0 Å². The van der Waals surface area contributed by atoms with Crippen LogP contribution in [0.25, 0.3) is 11.4 Å². The molecule has 0 bridgehead atoms. The third-order valence-corrected chi connectivity index (χ3v) is 2.16. The molecule has 2 aromatic rings. The molecule has 0 aliphatic heterocycles. The van der Waals surface area contributed by atoms with Crippen molar-refractivity contribution in [3.05, 3.63) is 34.9 Å². The van der Waals surface area contributed by atoms with E-state index in [9.17, 15) is 17.6 Å². The fourth-order valence-electron chi connectivity index (χ4n) is 1.31. The number of alkyl halides is 3. The number of aromatic amines is 1. The van der Waals surface area contributed by atoms with Gasteiger partial charge in [-0.2, -0.15) is 23.3 Å². The SMILES string of the molecule is Fc1ccc(C(F)(F)F)c(-c2n[nH]c(Cl)n2)c1. The van der Waals surface area contributed by atoms with Gasteiger partial charge in [0.25, 0.3) is 0 Å². The largest absolute Gasteiger partial charge is 0.417 e. The van der Waals surface area contributed by atoms with Gasteiger partial charge < -0.3 is 0 Å². The Labute approximate surface area is 97.4 Å². The molecule has 0 spiro atoms. The first kappa shape index (κ1) is 11.8. The number of aromatic nitrogens is 3. The Bertz CT molecular complexity index is 549. The fourth-order valence-corrected chi connectivity index (χ4v) is 1.43. The third-order valence-electron chi connectivity index (χ3n) is 1.99. The minimum absolute atomic E-state index is 0.169. The van der Waals surface area contributed by atoms with E-state index in [0.29, 0.717) is 12.1 Å². The van der Waals surface area contributed by atoms with E-state index in [-0.39, 0.29) is 11.1 Å². The lowest BCUT2D eigenvalue weighted by atomic mass is 10.1. The van der Waals surface area contributed by atoms with Crippen molar-refractivity contribution in [2.45, 2.75) is 6.18 Å². The maximum atomic E-state index is 13.0. The summed E-state index contributed by atoms with van der Waals surface area (Å²) in [4.78, 5) is 3.53. The summed E-state index contributed by atoms with van der Waals surface area (Å²) in [6, 6.07) is 2.07. The molecule has 8 heteroatoms. The smallest absolute Gasteiger partial charge is 0.249 e. The van der Waals surface area contributed by atoms with Crippen LogP contribution in [0.3, 0.4) is 0 Å². The quantitative estimate of drug-likeness (QED) is 0.804. The summed E-state index contributed by atoms with van der Waals surface area (Å²) in [5.41, 5.74) is -1.48. The molecule has 0 atom stereocenters. The van der Waals surface area contributed by atoms with Gasteiger partial charge >= 0.3 is 6.18 Å². The highest BCUT2D eigenvalue weighted by molar-refractivity contribution is 6.28. The maximum Gasteiger partial charge on any atom is 0.417 e. The van der Waals surface area contributed by atoms with Crippen LogP contribution >= 0.6 is 11.6 Å². The number of nitrogens with zero attached hydrogens (tertiary/aromatic N) is 2.